The number of rotatable bonds is 1. The highest BCUT2D eigenvalue weighted by Gasteiger charge is 2.39. The van der Waals surface area contributed by atoms with Gasteiger partial charge in [0.2, 0.25) is 0 Å². The first-order valence-corrected chi connectivity index (χ1v) is 7.04. The summed E-state index contributed by atoms with van der Waals surface area (Å²) in [5.74, 6) is -0.542. The van der Waals surface area contributed by atoms with Crippen LogP contribution in [0, 0.1) is 5.82 Å². The van der Waals surface area contributed by atoms with Crippen molar-refractivity contribution in [1.29, 1.82) is 0 Å². The zero-order valence-electron chi connectivity index (χ0n) is 12.1. The number of halogens is 2. The summed E-state index contributed by atoms with van der Waals surface area (Å²) >= 11 is 5.99. The number of hydrogen-bond acceptors (Lipinski definition) is 4. The Morgan fingerprint density at radius 1 is 1.57 bits per heavy atom. The van der Waals surface area contributed by atoms with Crippen molar-refractivity contribution in [2.75, 3.05) is 6.54 Å². The van der Waals surface area contributed by atoms with Crippen LogP contribution in [0.25, 0.3) is 0 Å². The molecule has 0 radical (unpaired) electrons. The molecule has 1 fully saturated rings. The fourth-order valence-corrected chi connectivity index (χ4v) is 2.53. The van der Waals surface area contributed by atoms with Crippen molar-refractivity contribution in [2.45, 2.75) is 44.9 Å². The maximum absolute atomic E-state index is 13.4. The lowest BCUT2D eigenvalue weighted by atomic mass is 10.1. The Kier molecular flexibility index (Phi) is 4.39. The average molecular weight is 317 g/mol. The molecule has 0 spiro atoms. The Morgan fingerprint density at radius 2 is 2.24 bits per heavy atom. The van der Waals surface area contributed by atoms with Crippen LogP contribution < -0.4 is 0 Å². The number of β-amino-alcohol motifs (C(OH)–C–C–N with tert-alkyl or cyclic N) is 1. The highest BCUT2D eigenvalue weighted by atomic mass is 35.5. The van der Waals surface area contributed by atoms with E-state index in [1.165, 1.54) is 11.0 Å². The van der Waals surface area contributed by atoms with Gasteiger partial charge in [-0.2, -0.15) is 0 Å². The van der Waals surface area contributed by atoms with Crippen molar-refractivity contribution < 1.29 is 19.0 Å². The van der Waals surface area contributed by atoms with E-state index in [9.17, 15) is 14.3 Å². The van der Waals surface area contributed by atoms with E-state index in [-0.39, 0.29) is 18.1 Å². The van der Waals surface area contributed by atoms with Gasteiger partial charge >= 0.3 is 6.09 Å². The number of carbonyl (C=O) groups is 1. The first kappa shape index (κ1) is 16.0. The van der Waals surface area contributed by atoms with Gasteiger partial charge < -0.3 is 9.84 Å². The summed E-state index contributed by atoms with van der Waals surface area (Å²) in [6.45, 7) is 5.38. The van der Waals surface area contributed by atoms with Gasteiger partial charge in [0, 0.05) is 5.56 Å². The number of aliphatic hydroxyl groups is 1. The molecule has 7 heteroatoms. The second kappa shape index (κ2) is 5.77. The lowest BCUT2D eigenvalue weighted by molar-refractivity contribution is 0.0206. The second-order valence-corrected chi connectivity index (χ2v) is 6.43. The fourth-order valence-electron chi connectivity index (χ4n) is 2.30. The first-order valence-electron chi connectivity index (χ1n) is 6.66. The molecule has 2 atom stereocenters. The Hall–Kier alpha value is -1.40. The lowest BCUT2D eigenvalue weighted by Gasteiger charge is -2.28. The Bertz CT molecular complexity index is 548. The summed E-state index contributed by atoms with van der Waals surface area (Å²) in [7, 11) is 0. The van der Waals surface area contributed by atoms with Crippen LogP contribution in [-0.4, -0.2) is 39.3 Å². The standard InChI is InChI=1S/C14H18ClFN2O3/c1-14(2,3)21-13(20)18-7-9(19)5-11(18)10-4-8(16)6-17-12(10)15/h4,6,9,11,19H,5,7H2,1-3H3/t9?,11-/m1/s1. The van der Waals surface area contributed by atoms with Crippen molar-refractivity contribution in [3.8, 4) is 0 Å². The van der Waals surface area contributed by atoms with Crippen LogP contribution in [0.5, 0.6) is 0 Å². The third-order valence-electron chi connectivity index (χ3n) is 3.10. The molecule has 1 aromatic rings. The summed E-state index contributed by atoms with van der Waals surface area (Å²) in [4.78, 5) is 17.3. The summed E-state index contributed by atoms with van der Waals surface area (Å²) < 4.78 is 18.7. The quantitative estimate of drug-likeness (QED) is 0.809. The van der Waals surface area contributed by atoms with Crippen LogP contribution in [0.3, 0.4) is 0 Å². The predicted molar refractivity (Wildman–Crippen MR) is 75.5 cm³/mol. The topological polar surface area (TPSA) is 62.7 Å². The van der Waals surface area contributed by atoms with Crippen LogP contribution in [-0.2, 0) is 4.74 Å². The maximum Gasteiger partial charge on any atom is 0.410 e. The van der Waals surface area contributed by atoms with Gasteiger partial charge in [0.15, 0.2) is 0 Å². The van der Waals surface area contributed by atoms with Crippen LogP contribution >= 0.6 is 11.6 Å². The van der Waals surface area contributed by atoms with Crippen LogP contribution in [0.4, 0.5) is 9.18 Å². The molecule has 2 rings (SSSR count). The largest absolute Gasteiger partial charge is 0.444 e. The highest BCUT2D eigenvalue weighted by molar-refractivity contribution is 6.30. The molecule has 5 nitrogen and oxygen atoms in total. The summed E-state index contributed by atoms with van der Waals surface area (Å²) in [6, 6.07) is 0.681. The SMILES string of the molecule is CC(C)(C)OC(=O)N1CC(O)C[C@@H]1c1cc(F)cnc1Cl. The Balaban J connectivity index is 2.28. The van der Waals surface area contributed by atoms with Crippen LogP contribution in [0.1, 0.15) is 38.8 Å². The predicted octanol–water partition coefficient (Wildman–Crippen LogP) is 2.92. The van der Waals surface area contributed by atoms with Gasteiger partial charge in [0.05, 0.1) is 24.9 Å². The number of hydrogen-bond donors (Lipinski definition) is 1. The average Bonchev–Trinajstić information content (AvgIpc) is 2.72. The minimum Gasteiger partial charge on any atom is -0.444 e. The molecular weight excluding hydrogens is 299 g/mol. The molecule has 2 heterocycles. The fraction of sp³-hybridized carbons (Fsp3) is 0.571. The van der Waals surface area contributed by atoms with E-state index < -0.39 is 29.7 Å². The molecule has 116 valence electrons. The Morgan fingerprint density at radius 3 is 2.86 bits per heavy atom. The number of aliphatic hydroxyl groups excluding tert-OH is 1. The second-order valence-electron chi connectivity index (χ2n) is 6.07. The molecule has 1 amide bonds. The van der Waals surface area contributed by atoms with E-state index in [4.69, 9.17) is 16.3 Å². The van der Waals surface area contributed by atoms with Gasteiger partial charge in [0.25, 0.3) is 0 Å². The van der Waals surface area contributed by atoms with Crippen molar-refractivity contribution in [1.82, 2.24) is 9.88 Å². The van der Waals surface area contributed by atoms with Gasteiger partial charge in [-0.3, -0.25) is 4.90 Å². The molecule has 1 aliphatic heterocycles. The lowest BCUT2D eigenvalue weighted by Crippen LogP contribution is -2.37. The van der Waals surface area contributed by atoms with Crippen LogP contribution in [0.15, 0.2) is 12.3 Å². The molecule has 1 saturated heterocycles. The van der Waals surface area contributed by atoms with Crippen molar-refractivity contribution in [3.63, 3.8) is 0 Å². The number of nitrogens with zero attached hydrogens (tertiary/aromatic N) is 2. The summed E-state index contributed by atoms with van der Waals surface area (Å²) in [5, 5.41) is 9.95. The molecule has 0 aliphatic carbocycles. The molecule has 21 heavy (non-hydrogen) atoms. The molecule has 0 bridgehead atoms. The number of aromatic nitrogens is 1. The van der Waals surface area contributed by atoms with E-state index in [0.29, 0.717) is 5.56 Å². The van der Waals surface area contributed by atoms with E-state index in [2.05, 4.69) is 4.98 Å². The van der Waals surface area contributed by atoms with Gasteiger partial charge in [0.1, 0.15) is 16.6 Å². The van der Waals surface area contributed by atoms with Gasteiger partial charge in [-0.25, -0.2) is 14.2 Å². The van der Waals surface area contributed by atoms with Gasteiger partial charge in [-0.15, -0.1) is 0 Å². The van der Waals surface area contributed by atoms with Gasteiger partial charge in [-0.1, -0.05) is 11.6 Å². The van der Waals surface area contributed by atoms with Crippen molar-refractivity contribution >= 4 is 17.7 Å². The number of amides is 1. The maximum atomic E-state index is 13.4. The number of ether oxygens (including phenoxy) is 1. The van der Waals surface area contributed by atoms with Crippen molar-refractivity contribution in [3.05, 3.63) is 28.8 Å². The molecule has 0 aromatic carbocycles. The van der Waals surface area contributed by atoms with E-state index >= 15 is 0 Å². The number of likely N-dealkylation sites (tertiary alicyclic amines) is 1. The van der Waals surface area contributed by atoms with E-state index in [1.54, 1.807) is 20.8 Å². The number of pyridine rings is 1. The number of carbonyl (C=O) groups excluding carboxylic acids is 1. The molecule has 1 unspecified atom stereocenters. The van der Waals surface area contributed by atoms with Crippen LogP contribution in [0.2, 0.25) is 5.15 Å². The summed E-state index contributed by atoms with van der Waals surface area (Å²) in [5.41, 5.74) is -0.279. The molecule has 1 aliphatic rings. The third kappa shape index (κ3) is 3.83. The minimum atomic E-state index is -0.707. The molecule has 1 N–H and O–H groups in total. The smallest absolute Gasteiger partial charge is 0.410 e. The molecule has 0 saturated carbocycles. The molecule has 1 aromatic heterocycles. The monoisotopic (exact) mass is 316 g/mol. The highest BCUT2D eigenvalue weighted by Crippen LogP contribution is 2.36. The third-order valence-corrected chi connectivity index (χ3v) is 3.41. The Labute approximate surface area is 127 Å². The summed E-state index contributed by atoms with van der Waals surface area (Å²) in [6.07, 6.45) is 0.00490. The first-order chi connectivity index (χ1) is 9.67. The van der Waals surface area contributed by atoms with Crippen molar-refractivity contribution in [2.24, 2.45) is 0 Å². The van der Waals surface area contributed by atoms with E-state index in [1.807, 2.05) is 0 Å². The zero-order valence-corrected chi connectivity index (χ0v) is 12.9. The molecular formula is C14H18ClFN2O3. The minimum absolute atomic E-state index is 0.115. The van der Waals surface area contributed by atoms with E-state index in [0.717, 1.165) is 6.20 Å². The normalized spacial score (nSPS) is 22.5. The van der Waals surface area contributed by atoms with Gasteiger partial charge in [-0.05, 0) is 33.3 Å². The zero-order chi connectivity index (χ0) is 15.8.